The van der Waals surface area contributed by atoms with Crippen molar-refractivity contribution in [1.82, 2.24) is 4.98 Å². The zero-order chi connectivity index (χ0) is 12.6. The third-order valence-corrected chi connectivity index (χ3v) is 3.23. The number of hydrogen-bond acceptors (Lipinski definition) is 4. The van der Waals surface area contributed by atoms with Crippen molar-refractivity contribution in [2.75, 3.05) is 12.4 Å². The maximum absolute atomic E-state index is 8.67. The Morgan fingerprint density at radius 2 is 1.83 bits per heavy atom. The van der Waals surface area contributed by atoms with Gasteiger partial charge >= 0.3 is 0 Å². The van der Waals surface area contributed by atoms with Crippen LogP contribution < -0.4 is 4.74 Å². The molecule has 0 saturated heterocycles. The fourth-order valence-electron chi connectivity index (χ4n) is 1.38. The van der Waals surface area contributed by atoms with Gasteiger partial charge in [-0.05, 0) is 36.4 Å². The SMILES string of the molecule is N#Cc1ccc(OCCSc2ccncc2)cc1. The molecule has 1 aromatic carbocycles. The molecule has 90 valence electrons. The van der Waals surface area contributed by atoms with Gasteiger partial charge < -0.3 is 4.74 Å². The maximum Gasteiger partial charge on any atom is 0.119 e. The van der Waals surface area contributed by atoms with E-state index < -0.39 is 0 Å². The van der Waals surface area contributed by atoms with Gasteiger partial charge in [0, 0.05) is 23.0 Å². The molecule has 18 heavy (non-hydrogen) atoms. The van der Waals surface area contributed by atoms with Crippen LogP contribution in [0.1, 0.15) is 5.56 Å². The van der Waals surface area contributed by atoms with Crippen LogP contribution in [0.3, 0.4) is 0 Å². The lowest BCUT2D eigenvalue weighted by atomic mass is 10.2. The maximum atomic E-state index is 8.67. The molecule has 0 atom stereocenters. The molecular formula is C14H12N2OS. The zero-order valence-electron chi connectivity index (χ0n) is 9.74. The summed E-state index contributed by atoms with van der Waals surface area (Å²) >= 11 is 1.73. The molecule has 0 amide bonds. The summed E-state index contributed by atoms with van der Waals surface area (Å²) in [5, 5.41) is 8.67. The van der Waals surface area contributed by atoms with E-state index in [1.807, 2.05) is 24.3 Å². The van der Waals surface area contributed by atoms with Crippen LogP contribution >= 0.6 is 11.8 Å². The third-order valence-electron chi connectivity index (χ3n) is 2.25. The Balaban J connectivity index is 1.74. The molecular weight excluding hydrogens is 244 g/mol. The predicted molar refractivity (Wildman–Crippen MR) is 71.6 cm³/mol. The summed E-state index contributed by atoms with van der Waals surface area (Å²) in [6.45, 7) is 0.638. The zero-order valence-corrected chi connectivity index (χ0v) is 10.6. The molecule has 0 bridgehead atoms. The highest BCUT2D eigenvalue weighted by molar-refractivity contribution is 7.99. The number of nitriles is 1. The van der Waals surface area contributed by atoms with E-state index in [4.69, 9.17) is 10.00 Å². The predicted octanol–water partition coefficient (Wildman–Crippen LogP) is 3.12. The lowest BCUT2D eigenvalue weighted by Crippen LogP contribution is -1.99. The molecule has 2 rings (SSSR count). The summed E-state index contributed by atoms with van der Waals surface area (Å²) in [6.07, 6.45) is 3.56. The van der Waals surface area contributed by atoms with Crippen molar-refractivity contribution in [3.8, 4) is 11.8 Å². The van der Waals surface area contributed by atoms with Gasteiger partial charge in [-0.15, -0.1) is 11.8 Å². The lowest BCUT2D eigenvalue weighted by molar-refractivity contribution is 0.344. The molecule has 0 saturated carbocycles. The van der Waals surface area contributed by atoms with Crippen molar-refractivity contribution in [1.29, 1.82) is 5.26 Å². The van der Waals surface area contributed by atoms with Gasteiger partial charge in [0.05, 0.1) is 18.2 Å². The van der Waals surface area contributed by atoms with Gasteiger partial charge in [-0.1, -0.05) is 0 Å². The number of ether oxygens (including phenoxy) is 1. The van der Waals surface area contributed by atoms with Gasteiger partial charge in [-0.3, -0.25) is 4.98 Å². The van der Waals surface area contributed by atoms with Crippen LogP contribution in [0, 0.1) is 11.3 Å². The van der Waals surface area contributed by atoms with Crippen LogP contribution in [-0.4, -0.2) is 17.3 Å². The van der Waals surface area contributed by atoms with Gasteiger partial charge in [0.15, 0.2) is 0 Å². The van der Waals surface area contributed by atoms with Crippen molar-refractivity contribution < 1.29 is 4.74 Å². The number of rotatable bonds is 5. The average molecular weight is 256 g/mol. The molecule has 0 radical (unpaired) electrons. The fraction of sp³-hybridized carbons (Fsp3) is 0.143. The lowest BCUT2D eigenvalue weighted by Gasteiger charge is -2.05. The van der Waals surface area contributed by atoms with E-state index in [2.05, 4.69) is 11.1 Å². The van der Waals surface area contributed by atoms with E-state index >= 15 is 0 Å². The summed E-state index contributed by atoms with van der Waals surface area (Å²) < 4.78 is 5.58. The van der Waals surface area contributed by atoms with E-state index in [1.165, 1.54) is 4.90 Å². The Hall–Kier alpha value is -1.99. The van der Waals surface area contributed by atoms with E-state index in [0.29, 0.717) is 12.2 Å². The first-order chi connectivity index (χ1) is 8.88. The van der Waals surface area contributed by atoms with Crippen molar-refractivity contribution in [3.63, 3.8) is 0 Å². The van der Waals surface area contributed by atoms with Gasteiger partial charge in [-0.2, -0.15) is 5.26 Å². The molecule has 0 spiro atoms. The smallest absolute Gasteiger partial charge is 0.119 e. The second-order valence-electron chi connectivity index (χ2n) is 3.52. The molecule has 1 aromatic heterocycles. The Morgan fingerprint density at radius 3 is 2.50 bits per heavy atom. The monoisotopic (exact) mass is 256 g/mol. The molecule has 4 heteroatoms. The van der Waals surface area contributed by atoms with Crippen molar-refractivity contribution >= 4 is 11.8 Å². The highest BCUT2D eigenvalue weighted by Crippen LogP contribution is 2.17. The molecule has 2 aromatic rings. The molecule has 3 nitrogen and oxygen atoms in total. The molecule has 0 N–H and O–H groups in total. The van der Waals surface area contributed by atoms with Crippen LogP contribution in [0.25, 0.3) is 0 Å². The first-order valence-electron chi connectivity index (χ1n) is 5.54. The molecule has 0 fully saturated rings. The summed E-state index contributed by atoms with van der Waals surface area (Å²) in [4.78, 5) is 5.15. The molecule has 0 aliphatic carbocycles. The quantitative estimate of drug-likeness (QED) is 0.609. The van der Waals surface area contributed by atoms with Crippen LogP contribution in [0.2, 0.25) is 0 Å². The summed E-state index contributed by atoms with van der Waals surface area (Å²) in [5.74, 6) is 1.67. The summed E-state index contributed by atoms with van der Waals surface area (Å²) in [5.41, 5.74) is 0.647. The Morgan fingerprint density at radius 1 is 1.11 bits per heavy atom. The minimum absolute atomic E-state index is 0.638. The minimum Gasteiger partial charge on any atom is -0.493 e. The highest BCUT2D eigenvalue weighted by Gasteiger charge is 1.96. The average Bonchev–Trinajstić information content (AvgIpc) is 2.45. The molecule has 0 aliphatic heterocycles. The van der Waals surface area contributed by atoms with Gasteiger partial charge in [0.1, 0.15) is 5.75 Å². The topological polar surface area (TPSA) is 45.9 Å². The third kappa shape index (κ3) is 3.79. The number of hydrogen-bond donors (Lipinski definition) is 0. The second-order valence-corrected chi connectivity index (χ2v) is 4.68. The number of aromatic nitrogens is 1. The van der Waals surface area contributed by atoms with E-state index in [0.717, 1.165) is 11.5 Å². The first-order valence-corrected chi connectivity index (χ1v) is 6.53. The van der Waals surface area contributed by atoms with Crippen molar-refractivity contribution in [2.45, 2.75) is 4.90 Å². The van der Waals surface area contributed by atoms with Crippen molar-refractivity contribution in [2.24, 2.45) is 0 Å². The second kappa shape index (κ2) is 6.67. The van der Waals surface area contributed by atoms with Gasteiger partial charge in [0.2, 0.25) is 0 Å². The van der Waals surface area contributed by atoms with E-state index in [9.17, 15) is 0 Å². The van der Waals surface area contributed by atoms with Crippen LogP contribution in [0.5, 0.6) is 5.75 Å². The first kappa shape index (κ1) is 12.5. The number of pyridine rings is 1. The Kier molecular flexibility index (Phi) is 4.62. The van der Waals surface area contributed by atoms with Gasteiger partial charge in [-0.25, -0.2) is 0 Å². The fourth-order valence-corrected chi connectivity index (χ4v) is 2.10. The standard InChI is InChI=1S/C14H12N2OS/c15-11-12-1-3-13(4-2-12)17-9-10-18-14-5-7-16-8-6-14/h1-8H,9-10H2. The molecule has 1 heterocycles. The van der Waals surface area contributed by atoms with E-state index in [1.54, 1.807) is 36.3 Å². The van der Waals surface area contributed by atoms with Gasteiger partial charge in [0.25, 0.3) is 0 Å². The normalized spacial score (nSPS) is 9.72. The van der Waals surface area contributed by atoms with E-state index in [-0.39, 0.29) is 0 Å². The number of thioether (sulfide) groups is 1. The summed E-state index contributed by atoms with van der Waals surface area (Å²) in [7, 11) is 0. The summed E-state index contributed by atoms with van der Waals surface area (Å²) in [6, 6.07) is 13.2. The van der Waals surface area contributed by atoms with Crippen LogP contribution in [0.15, 0.2) is 53.7 Å². The Bertz CT molecular complexity index is 520. The number of nitrogens with zero attached hydrogens (tertiary/aromatic N) is 2. The van der Waals surface area contributed by atoms with Crippen LogP contribution in [-0.2, 0) is 0 Å². The minimum atomic E-state index is 0.638. The molecule has 0 aliphatic rings. The number of benzene rings is 1. The van der Waals surface area contributed by atoms with Crippen LogP contribution in [0.4, 0.5) is 0 Å². The Labute approximate surface area is 110 Å². The van der Waals surface area contributed by atoms with Crippen molar-refractivity contribution in [3.05, 3.63) is 54.4 Å². The largest absolute Gasteiger partial charge is 0.493 e. The highest BCUT2D eigenvalue weighted by atomic mass is 32.2. The molecule has 0 unspecified atom stereocenters.